The summed E-state index contributed by atoms with van der Waals surface area (Å²) >= 11 is 0. The summed E-state index contributed by atoms with van der Waals surface area (Å²) in [5.74, 6) is 0. The van der Waals surface area contributed by atoms with Gasteiger partial charge in [-0.3, -0.25) is 0 Å². The summed E-state index contributed by atoms with van der Waals surface area (Å²) < 4.78 is 0. The average molecular weight is 261 g/mol. The van der Waals surface area contributed by atoms with Crippen molar-refractivity contribution < 1.29 is 0 Å². The zero-order valence-electron chi connectivity index (χ0n) is 12.0. The fourth-order valence-corrected chi connectivity index (χ4v) is 2.85. The summed E-state index contributed by atoms with van der Waals surface area (Å²) in [4.78, 5) is 2.31. The van der Waals surface area contributed by atoms with E-state index in [1.165, 1.54) is 31.4 Å². The molecule has 1 aliphatic carbocycles. The molecule has 0 radical (unpaired) electrons. The molecule has 0 aliphatic heterocycles. The van der Waals surface area contributed by atoms with Crippen LogP contribution in [0.5, 0.6) is 0 Å². The van der Waals surface area contributed by atoms with Crippen molar-refractivity contribution in [2.24, 2.45) is 5.73 Å². The zero-order chi connectivity index (χ0) is 13.5. The van der Waals surface area contributed by atoms with Gasteiger partial charge in [-0.25, -0.2) is 0 Å². The minimum Gasteiger partial charge on any atom is -0.375 e. The maximum Gasteiger partial charge on any atom is 0.0363 e. The molecule has 19 heavy (non-hydrogen) atoms. The van der Waals surface area contributed by atoms with Crippen molar-refractivity contribution in [3.05, 3.63) is 30.3 Å². The van der Waals surface area contributed by atoms with Crippen LogP contribution < -0.4 is 16.0 Å². The van der Waals surface area contributed by atoms with Crippen molar-refractivity contribution in [1.29, 1.82) is 0 Å². The molecule has 0 aromatic heterocycles. The number of hydrogen-bond acceptors (Lipinski definition) is 3. The van der Waals surface area contributed by atoms with E-state index in [9.17, 15) is 0 Å². The maximum atomic E-state index is 6.01. The van der Waals surface area contributed by atoms with Crippen LogP contribution in [0.3, 0.4) is 0 Å². The van der Waals surface area contributed by atoms with Gasteiger partial charge in [-0.05, 0) is 44.4 Å². The fourth-order valence-electron chi connectivity index (χ4n) is 2.85. The molecule has 3 N–H and O–H groups in total. The first-order valence-corrected chi connectivity index (χ1v) is 7.51. The Bertz CT molecular complexity index is 352. The van der Waals surface area contributed by atoms with Gasteiger partial charge in [0.1, 0.15) is 0 Å². The summed E-state index contributed by atoms with van der Waals surface area (Å²) in [7, 11) is 2.16. The van der Waals surface area contributed by atoms with Crippen LogP contribution in [0.15, 0.2) is 30.3 Å². The Morgan fingerprint density at radius 1 is 1.26 bits per heavy atom. The Morgan fingerprint density at radius 2 is 2.05 bits per heavy atom. The lowest BCUT2D eigenvalue weighted by Gasteiger charge is -2.28. The van der Waals surface area contributed by atoms with Crippen molar-refractivity contribution in [2.75, 3.05) is 25.0 Å². The topological polar surface area (TPSA) is 41.3 Å². The number of rotatable bonds is 6. The molecule has 106 valence electrons. The van der Waals surface area contributed by atoms with Crippen LogP contribution in [0.1, 0.15) is 32.1 Å². The highest BCUT2D eigenvalue weighted by Gasteiger charge is 2.18. The molecule has 0 bridgehead atoms. The van der Waals surface area contributed by atoms with Gasteiger partial charge < -0.3 is 16.0 Å². The standard InChI is InChI=1S/C16H27N3/c1-19(16-9-3-2-4-10-16)12-6-11-18-15-8-5-7-14(17)13-15/h2-4,9-10,14-15,18H,5-8,11-13,17H2,1H3. The van der Waals surface area contributed by atoms with Gasteiger partial charge in [-0.15, -0.1) is 0 Å². The van der Waals surface area contributed by atoms with Crippen molar-refractivity contribution in [2.45, 2.75) is 44.2 Å². The highest BCUT2D eigenvalue weighted by Crippen LogP contribution is 2.17. The first-order valence-electron chi connectivity index (χ1n) is 7.51. The highest BCUT2D eigenvalue weighted by molar-refractivity contribution is 5.44. The molecule has 2 unspecified atom stereocenters. The number of anilines is 1. The number of nitrogens with zero attached hydrogens (tertiary/aromatic N) is 1. The van der Waals surface area contributed by atoms with Gasteiger partial charge in [0.25, 0.3) is 0 Å². The Morgan fingerprint density at radius 3 is 2.79 bits per heavy atom. The summed E-state index contributed by atoms with van der Waals surface area (Å²) in [5.41, 5.74) is 7.30. The molecule has 0 heterocycles. The number of benzene rings is 1. The third-order valence-corrected chi connectivity index (χ3v) is 4.02. The normalized spacial score (nSPS) is 23.3. The third-order valence-electron chi connectivity index (χ3n) is 4.02. The van der Waals surface area contributed by atoms with Crippen LogP contribution in [0.2, 0.25) is 0 Å². The summed E-state index contributed by atoms with van der Waals surface area (Å²) in [5, 5.41) is 3.65. The Balaban J connectivity index is 1.61. The van der Waals surface area contributed by atoms with Gasteiger partial charge in [0.2, 0.25) is 0 Å². The van der Waals surface area contributed by atoms with E-state index < -0.39 is 0 Å². The smallest absolute Gasteiger partial charge is 0.0363 e. The number of hydrogen-bond donors (Lipinski definition) is 2. The van der Waals surface area contributed by atoms with Crippen molar-refractivity contribution in [3.63, 3.8) is 0 Å². The molecule has 2 atom stereocenters. The monoisotopic (exact) mass is 261 g/mol. The maximum absolute atomic E-state index is 6.01. The second-order valence-electron chi connectivity index (χ2n) is 5.69. The highest BCUT2D eigenvalue weighted by atomic mass is 15.1. The molecule has 3 nitrogen and oxygen atoms in total. The number of para-hydroxylation sites is 1. The van der Waals surface area contributed by atoms with Crippen LogP contribution in [0.4, 0.5) is 5.69 Å². The summed E-state index contributed by atoms with van der Waals surface area (Å²) in [6.45, 7) is 2.18. The lowest BCUT2D eigenvalue weighted by atomic mass is 9.91. The van der Waals surface area contributed by atoms with Crippen LogP contribution in [-0.4, -0.2) is 32.2 Å². The predicted molar refractivity (Wildman–Crippen MR) is 82.6 cm³/mol. The molecule has 0 saturated heterocycles. The first kappa shape index (κ1) is 14.4. The van der Waals surface area contributed by atoms with Crippen LogP contribution >= 0.6 is 0 Å². The molecule has 1 saturated carbocycles. The third kappa shape index (κ3) is 4.84. The minimum atomic E-state index is 0.415. The van der Waals surface area contributed by atoms with Gasteiger partial charge >= 0.3 is 0 Å². The lowest BCUT2D eigenvalue weighted by molar-refractivity contribution is 0.339. The molecular formula is C16H27N3. The van der Waals surface area contributed by atoms with Gasteiger partial charge in [-0.1, -0.05) is 24.6 Å². The van der Waals surface area contributed by atoms with E-state index in [-0.39, 0.29) is 0 Å². The average Bonchev–Trinajstić information content (AvgIpc) is 2.44. The first-order chi connectivity index (χ1) is 9.25. The molecule has 3 heteroatoms. The molecule has 1 fully saturated rings. The molecule has 1 aliphatic rings. The fraction of sp³-hybridized carbons (Fsp3) is 0.625. The quantitative estimate of drug-likeness (QED) is 0.773. The van der Waals surface area contributed by atoms with Crippen LogP contribution in [0.25, 0.3) is 0 Å². The minimum absolute atomic E-state index is 0.415. The van der Waals surface area contributed by atoms with E-state index in [1.54, 1.807) is 0 Å². The Labute approximate surface area is 117 Å². The Hall–Kier alpha value is -1.06. The summed E-state index contributed by atoms with van der Waals surface area (Å²) in [6, 6.07) is 11.6. The molecular weight excluding hydrogens is 234 g/mol. The van der Waals surface area contributed by atoms with E-state index in [4.69, 9.17) is 5.73 Å². The van der Waals surface area contributed by atoms with Gasteiger partial charge in [0, 0.05) is 31.4 Å². The number of nitrogens with two attached hydrogens (primary N) is 1. The zero-order valence-corrected chi connectivity index (χ0v) is 12.0. The van der Waals surface area contributed by atoms with E-state index in [0.717, 1.165) is 19.5 Å². The number of nitrogens with one attached hydrogen (secondary N) is 1. The SMILES string of the molecule is CN(CCCNC1CCCC(N)C1)c1ccccc1. The Kier molecular flexibility index (Phi) is 5.67. The van der Waals surface area contributed by atoms with Gasteiger partial charge in [-0.2, -0.15) is 0 Å². The molecule has 1 aromatic carbocycles. The summed E-state index contributed by atoms with van der Waals surface area (Å²) in [6.07, 6.45) is 6.10. The van der Waals surface area contributed by atoms with E-state index in [0.29, 0.717) is 12.1 Å². The van der Waals surface area contributed by atoms with E-state index in [1.807, 2.05) is 0 Å². The van der Waals surface area contributed by atoms with Crippen LogP contribution in [-0.2, 0) is 0 Å². The second-order valence-corrected chi connectivity index (χ2v) is 5.69. The van der Waals surface area contributed by atoms with Crippen molar-refractivity contribution in [3.8, 4) is 0 Å². The van der Waals surface area contributed by atoms with Crippen molar-refractivity contribution >= 4 is 5.69 Å². The van der Waals surface area contributed by atoms with E-state index in [2.05, 4.69) is 47.6 Å². The van der Waals surface area contributed by atoms with Crippen LogP contribution in [0, 0.1) is 0 Å². The second kappa shape index (κ2) is 7.51. The van der Waals surface area contributed by atoms with E-state index >= 15 is 0 Å². The molecule has 2 rings (SSSR count). The molecule has 0 spiro atoms. The molecule has 0 amide bonds. The van der Waals surface area contributed by atoms with Gasteiger partial charge in [0.15, 0.2) is 0 Å². The largest absolute Gasteiger partial charge is 0.375 e. The molecule has 1 aromatic rings. The van der Waals surface area contributed by atoms with Crippen molar-refractivity contribution in [1.82, 2.24) is 5.32 Å². The lowest BCUT2D eigenvalue weighted by Crippen LogP contribution is -2.40. The predicted octanol–water partition coefficient (Wildman–Crippen LogP) is 2.37. The van der Waals surface area contributed by atoms with Gasteiger partial charge in [0.05, 0.1) is 0 Å².